The van der Waals surface area contributed by atoms with Gasteiger partial charge in [-0.1, -0.05) is 38.1 Å². The summed E-state index contributed by atoms with van der Waals surface area (Å²) in [4.78, 5) is 25.9. The third-order valence-corrected chi connectivity index (χ3v) is 4.60. The van der Waals surface area contributed by atoms with E-state index in [1.165, 1.54) is 0 Å². The first-order chi connectivity index (χ1) is 11.6. The molecule has 1 N–H and O–H groups in total. The van der Waals surface area contributed by atoms with Crippen LogP contribution < -0.4 is 0 Å². The Morgan fingerprint density at radius 3 is 2.44 bits per heavy atom. The fourth-order valence-corrected chi connectivity index (χ4v) is 3.43. The number of hydrogen-bond acceptors (Lipinski definition) is 3. The SMILES string of the molecule is CC(C)c1ccccc1C1CN(C(=O)OC(C)(C)C)CCC1C(=O)O. The second kappa shape index (κ2) is 7.46. The lowest BCUT2D eigenvalue weighted by Crippen LogP contribution is -2.46. The van der Waals surface area contributed by atoms with Gasteiger partial charge >= 0.3 is 12.1 Å². The minimum absolute atomic E-state index is 0.225. The molecule has 0 saturated carbocycles. The van der Waals surface area contributed by atoms with E-state index in [0.717, 1.165) is 11.1 Å². The van der Waals surface area contributed by atoms with Crippen molar-refractivity contribution in [1.29, 1.82) is 0 Å². The van der Waals surface area contributed by atoms with Crippen molar-refractivity contribution < 1.29 is 19.4 Å². The van der Waals surface area contributed by atoms with Crippen LogP contribution in [0.25, 0.3) is 0 Å². The highest BCUT2D eigenvalue weighted by Crippen LogP contribution is 2.37. The quantitative estimate of drug-likeness (QED) is 0.888. The summed E-state index contributed by atoms with van der Waals surface area (Å²) in [5.41, 5.74) is 1.61. The molecule has 2 rings (SSSR count). The third kappa shape index (κ3) is 4.74. The summed E-state index contributed by atoms with van der Waals surface area (Å²) >= 11 is 0. The minimum atomic E-state index is -0.799. The van der Waals surface area contributed by atoms with Gasteiger partial charge in [0.2, 0.25) is 0 Å². The topological polar surface area (TPSA) is 66.8 Å². The first-order valence-corrected chi connectivity index (χ1v) is 8.89. The zero-order valence-electron chi connectivity index (χ0n) is 15.8. The van der Waals surface area contributed by atoms with Gasteiger partial charge in [0.05, 0.1) is 5.92 Å². The van der Waals surface area contributed by atoms with Gasteiger partial charge in [-0.3, -0.25) is 4.79 Å². The van der Waals surface area contributed by atoms with Gasteiger partial charge in [0, 0.05) is 19.0 Å². The Bertz CT molecular complexity index is 633. The number of carboxylic acid groups (broad SMARTS) is 1. The monoisotopic (exact) mass is 347 g/mol. The number of likely N-dealkylation sites (tertiary alicyclic amines) is 1. The molecular weight excluding hydrogens is 318 g/mol. The van der Waals surface area contributed by atoms with Gasteiger partial charge in [0.15, 0.2) is 0 Å². The number of carbonyl (C=O) groups excluding carboxylic acids is 1. The van der Waals surface area contributed by atoms with Crippen molar-refractivity contribution in [2.24, 2.45) is 5.92 Å². The van der Waals surface area contributed by atoms with Crippen molar-refractivity contribution in [2.45, 2.75) is 58.5 Å². The highest BCUT2D eigenvalue weighted by molar-refractivity contribution is 5.73. The standard InChI is InChI=1S/C20H29NO4/c1-13(2)14-8-6-7-9-15(14)17-12-21(11-10-16(17)18(22)23)19(24)25-20(3,4)5/h6-9,13,16-17H,10-12H2,1-5H3,(H,22,23). The van der Waals surface area contributed by atoms with E-state index in [0.29, 0.717) is 25.4 Å². The number of carboxylic acids is 1. The maximum absolute atomic E-state index is 12.4. The van der Waals surface area contributed by atoms with Crippen LogP contribution in [0.2, 0.25) is 0 Å². The molecule has 1 aliphatic heterocycles. The van der Waals surface area contributed by atoms with E-state index >= 15 is 0 Å². The minimum Gasteiger partial charge on any atom is -0.481 e. The lowest BCUT2D eigenvalue weighted by Gasteiger charge is -2.38. The van der Waals surface area contributed by atoms with Gasteiger partial charge in [0.1, 0.15) is 5.60 Å². The number of rotatable bonds is 3. The van der Waals surface area contributed by atoms with E-state index in [9.17, 15) is 14.7 Å². The Kier molecular flexibility index (Phi) is 5.76. The van der Waals surface area contributed by atoms with Crippen LogP contribution in [-0.2, 0) is 9.53 Å². The molecule has 1 amide bonds. The van der Waals surface area contributed by atoms with E-state index < -0.39 is 17.5 Å². The van der Waals surface area contributed by atoms with Crippen LogP contribution in [0.5, 0.6) is 0 Å². The molecule has 1 aliphatic rings. The molecule has 0 spiro atoms. The number of ether oxygens (including phenoxy) is 1. The van der Waals surface area contributed by atoms with E-state index in [4.69, 9.17) is 4.74 Å². The van der Waals surface area contributed by atoms with Crippen LogP contribution in [-0.4, -0.2) is 40.8 Å². The Balaban J connectivity index is 2.31. The Morgan fingerprint density at radius 2 is 1.88 bits per heavy atom. The fraction of sp³-hybridized carbons (Fsp3) is 0.600. The van der Waals surface area contributed by atoms with Gasteiger partial charge < -0.3 is 14.7 Å². The molecule has 1 saturated heterocycles. The maximum Gasteiger partial charge on any atom is 0.410 e. The smallest absolute Gasteiger partial charge is 0.410 e. The van der Waals surface area contributed by atoms with Crippen LogP contribution in [0, 0.1) is 5.92 Å². The second-order valence-corrected chi connectivity index (χ2v) is 8.05. The van der Waals surface area contributed by atoms with Crippen LogP contribution >= 0.6 is 0 Å². The molecule has 1 heterocycles. The first-order valence-electron chi connectivity index (χ1n) is 8.89. The fourth-order valence-electron chi connectivity index (χ4n) is 3.43. The summed E-state index contributed by atoms with van der Waals surface area (Å²) in [6.45, 7) is 10.5. The van der Waals surface area contributed by atoms with E-state index in [1.54, 1.807) is 4.90 Å². The largest absolute Gasteiger partial charge is 0.481 e. The maximum atomic E-state index is 12.4. The van der Waals surface area contributed by atoms with Crippen LogP contribution in [0.4, 0.5) is 4.79 Å². The Hall–Kier alpha value is -2.04. The van der Waals surface area contributed by atoms with Gasteiger partial charge in [-0.25, -0.2) is 4.79 Å². The summed E-state index contributed by atoms with van der Waals surface area (Å²) in [6, 6.07) is 7.95. The van der Waals surface area contributed by atoms with Crippen LogP contribution in [0.15, 0.2) is 24.3 Å². The molecule has 0 radical (unpaired) electrons. The van der Waals surface area contributed by atoms with Gasteiger partial charge in [-0.15, -0.1) is 0 Å². The van der Waals surface area contributed by atoms with Crippen molar-refractivity contribution in [1.82, 2.24) is 4.90 Å². The molecular formula is C20H29NO4. The number of carbonyl (C=O) groups is 2. The highest BCUT2D eigenvalue weighted by Gasteiger charge is 2.38. The van der Waals surface area contributed by atoms with Gasteiger partial charge in [-0.2, -0.15) is 0 Å². The molecule has 5 nitrogen and oxygen atoms in total. The predicted octanol–water partition coefficient (Wildman–Crippen LogP) is 4.24. The van der Waals surface area contributed by atoms with Gasteiger partial charge in [0.25, 0.3) is 0 Å². The summed E-state index contributed by atoms with van der Waals surface area (Å²) < 4.78 is 5.47. The lowest BCUT2D eigenvalue weighted by molar-refractivity contribution is -0.144. The zero-order chi connectivity index (χ0) is 18.8. The summed E-state index contributed by atoms with van der Waals surface area (Å²) in [5, 5.41) is 9.68. The Morgan fingerprint density at radius 1 is 1.24 bits per heavy atom. The molecule has 0 aromatic heterocycles. The van der Waals surface area contributed by atoms with E-state index in [1.807, 2.05) is 45.0 Å². The van der Waals surface area contributed by atoms with Crippen molar-refractivity contribution in [3.63, 3.8) is 0 Å². The second-order valence-electron chi connectivity index (χ2n) is 8.05. The Labute approximate surface area is 150 Å². The van der Waals surface area contributed by atoms with Crippen molar-refractivity contribution >= 4 is 12.1 Å². The number of piperidine rings is 1. The molecule has 1 fully saturated rings. The predicted molar refractivity (Wildman–Crippen MR) is 96.8 cm³/mol. The number of benzene rings is 1. The highest BCUT2D eigenvalue weighted by atomic mass is 16.6. The zero-order valence-corrected chi connectivity index (χ0v) is 15.8. The molecule has 0 aliphatic carbocycles. The number of nitrogens with zero attached hydrogens (tertiary/aromatic N) is 1. The summed E-state index contributed by atoms with van der Waals surface area (Å²) in [6.07, 6.45) is 0.0643. The summed E-state index contributed by atoms with van der Waals surface area (Å²) in [7, 11) is 0. The molecule has 5 heteroatoms. The normalized spacial score (nSPS) is 21.3. The molecule has 1 aromatic rings. The van der Waals surface area contributed by atoms with Crippen molar-refractivity contribution in [3.8, 4) is 0 Å². The molecule has 1 aromatic carbocycles. The average molecular weight is 347 g/mol. The summed E-state index contributed by atoms with van der Waals surface area (Å²) in [5.74, 6) is -1.22. The van der Waals surface area contributed by atoms with E-state index in [2.05, 4.69) is 13.8 Å². The lowest BCUT2D eigenvalue weighted by atomic mass is 9.77. The first kappa shape index (κ1) is 19.3. The average Bonchev–Trinajstić information content (AvgIpc) is 2.52. The number of hydrogen-bond donors (Lipinski definition) is 1. The molecule has 138 valence electrons. The third-order valence-electron chi connectivity index (χ3n) is 4.60. The molecule has 0 bridgehead atoms. The molecule has 25 heavy (non-hydrogen) atoms. The number of amides is 1. The molecule has 2 unspecified atom stereocenters. The van der Waals surface area contributed by atoms with Gasteiger partial charge in [-0.05, 0) is 44.2 Å². The van der Waals surface area contributed by atoms with Crippen LogP contribution in [0.1, 0.15) is 64.0 Å². The molecule has 2 atom stereocenters. The van der Waals surface area contributed by atoms with Crippen molar-refractivity contribution in [2.75, 3.05) is 13.1 Å². The van der Waals surface area contributed by atoms with Crippen LogP contribution in [0.3, 0.4) is 0 Å². The van der Waals surface area contributed by atoms with Crippen molar-refractivity contribution in [3.05, 3.63) is 35.4 Å². The van der Waals surface area contributed by atoms with E-state index in [-0.39, 0.29) is 12.0 Å². The number of aliphatic carboxylic acids is 1.